The van der Waals surface area contributed by atoms with Gasteiger partial charge >= 0.3 is 0 Å². The third-order valence-electron chi connectivity index (χ3n) is 5.47. The topological polar surface area (TPSA) is 49.3 Å². The van der Waals surface area contributed by atoms with Crippen LogP contribution >= 0.6 is 24.0 Å². The minimum Gasteiger partial charge on any atom is -0.381 e. The van der Waals surface area contributed by atoms with Crippen molar-refractivity contribution in [1.29, 1.82) is 0 Å². The van der Waals surface area contributed by atoms with Crippen molar-refractivity contribution < 1.29 is 9.47 Å². The van der Waals surface area contributed by atoms with Gasteiger partial charge in [0.2, 0.25) is 0 Å². The zero-order valence-corrected chi connectivity index (χ0v) is 19.5. The summed E-state index contributed by atoms with van der Waals surface area (Å²) in [5.74, 6) is 1.59. The van der Waals surface area contributed by atoms with E-state index >= 15 is 0 Å². The van der Waals surface area contributed by atoms with Gasteiger partial charge in [-0.3, -0.25) is 9.89 Å². The Balaban J connectivity index is 0.00000364. The first-order valence-corrected chi connectivity index (χ1v) is 10.2. The van der Waals surface area contributed by atoms with Gasteiger partial charge in [-0.2, -0.15) is 0 Å². The Kier molecular flexibility index (Phi) is 13.3. The fraction of sp³-hybridized carbons (Fsp3) is 0.850. The number of guanidine groups is 1. The summed E-state index contributed by atoms with van der Waals surface area (Å²) < 4.78 is 11.2. The first-order valence-electron chi connectivity index (χ1n) is 10.2. The zero-order chi connectivity index (χ0) is 18.6. The number of nitrogens with one attached hydrogen (secondary N) is 1. The van der Waals surface area contributed by atoms with Crippen molar-refractivity contribution in [3.63, 3.8) is 0 Å². The van der Waals surface area contributed by atoms with Crippen molar-refractivity contribution >= 4 is 29.9 Å². The molecule has 27 heavy (non-hydrogen) atoms. The van der Waals surface area contributed by atoms with Crippen LogP contribution in [0.4, 0.5) is 0 Å². The summed E-state index contributed by atoms with van der Waals surface area (Å²) in [7, 11) is 4.00. The van der Waals surface area contributed by atoms with E-state index in [-0.39, 0.29) is 24.0 Å². The largest absolute Gasteiger partial charge is 0.381 e. The molecular weight excluding hydrogens is 455 g/mol. The molecule has 0 spiro atoms. The Morgan fingerprint density at radius 3 is 2.67 bits per heavy atom. The highest BCUT2D eigenvalue weighted by Crippen LogP contribution is 2.21. The predicted molar refractivity (Wildman–Crippen MR) is 123 cm³/mol. The molecule has 2 aliphatic rings. The van der Waals surface area contributed by atoms with E-state index in [0.29, 0.717) is 12.0 Å². The average Bonchev–Trinajstić information content (AvgIpc) is 3.20. The SMILES string of the molecule is C=CCCCCCN(C)C(=NC)NCC(C1CCOC1)N1CCOCC1.I. The number of nitrogens with zero attached hydrogens (tertiary/aromatic N) is 3. The fourth-order valence-corrected chi connectivity index (χ4v) is 3.86. The zero-order valence-electron chi connectivity index (χ0n) is 17.2. The maximum atomic E-state index is 5.66. The molecule has 0 aromatic rings. The molecular formula is C20H39IN4O2. The molecule has 7 heteroatoms. The molecule has 2 unspecified atom stereocenters. The Morgan fingerprint density at radius 2 is 2.04 bits per heavy atom. The van der Waals surface area contributed by atoms with Crippen molar-refractivity contribution in [2.75, 3.05) is 66.7 Å². The van der Waals surface area contributed by atoms with Crippen LogP contribution in [-0.4, -0.2) is 88.5 Å². The summed E-state index contributed by atoms with van der Waals surface area (Å²) in [6.07, 6.45) is 7.92. The number of allylic oxidation sites excluding steroid dienone is 1. The molecule has 2 saturated heterocycles. The lowest BCUT2D eigenvalue weighted by atomic mass is 9.97. The molecule has 0 bridgehead atoms. The van der Waals surface area contributed by atoms with Crippen molar-refractivity contribution in [3.05, 3.63) is 12.7 Å². The molecule has 0 radical (unpaired) electrons. The third kappa shape index (κ3) is 8.66. The maximum Gasteiger partial charge on any atom is 0.193 e. The van der Waals surface area contributed by atoms with Gasteiger partial charge in [0.05, 0.1) is 19.8 Å². The molecule has 2 atom stereocenters. The standard InChI is InChI=1S/C20H38N4O2.HI/c1-4-5-6-7-8-10-23(3)20(21-2)22-16-19(18-9-13-26-17-18)24-11-14-25-15-12-24;/h4,18-19H,1,5-17H2,2-3H3,(H,21,22);1H. The molecule has 158 valence electrons. The fourth-order valence-electron chi connectivity index (χ4n) is 3.86. The van der Waals surface area contributed by atoms with Gasteiger partial charge in [0, 0.05) is 58.8 Å². The highest BCUT2D eigenvalue weighted by Gasteiger charge is 2.31. The smallest absolute Gasteiger partial charge is 0.193 e. The van der Waals surface area contributed by atoms with Crippen molar-refractivity contribution in [3.8, 4) is 0 Å². The summed E-state index contributed by atoms with van der Waals surface area (Å²) in [6.45, 7) is 11.2. The van der Waals surface area contributed by atoms with Crippen LogP contribution in [0, 0.1) is 5.92 Å². The molecule has 2 rings (SSSR count). The van der Waals surface area contributed by atoms with Crippen molar-refractivity contribution in [1.82, 2.24) is 15.1 Å². The summed E-state index contributed by atoms with van der Waals surface area (Å²) in [4.78, 5) is 9.30. The molecule has 2 aliphatic heterocycles. The maximum absolute atomic E-state index is 5.66. The Hall–Kier alpha value is -0.380. The Bertz CT molecular complexity index is 424. The van der Waals surface area contributed by atoms with Gasteiger partial charge in [0.15, 0.2) is 5.96 Å². The van der Waals surface area contributed by atoms with Crippen molar-refractivity contribution in [2.45, 2.75) is 38.1 Å². The number of hydrogen-bond acceptors (Lipinski definition) is 4. The van der Waals surface area contributed by atoms with Gasteiger partial charge in [0.1, 0.15) is 0 Å². The first kappa shape index (κ1) is 24.7. The highest BCUT2D eigenvalue weighted by atomic mass is 127. The molecule has 0 aromatic heterocycles. The van der Waals surface area contributed by atoms with Crippen LogP contribution in [0.5, 0.6) is 0 Å². The predicted octanol–water partition coefficient (Wildman–Crippen LogP) is 2.60. The van der Waals surface area contributed by atoms with Gasteiger partial charge in [-0.1, -0.05) is 12.5 Å². The van der Waals surface area contributed by atoms with Crippen LogP contribution in [-0.2, 0) is 9.47 Å². The number of aliphatic imine (C=N–C) groups is 1. The van der Waals surface area contributed by atoms with Gasteiger partial charge in [0.25, 0.3) is 0 Å². The molecule has 0 aliphatic carbocycles. The van der Waals surface area contributed by atoms with Crippen LogP contribution in [0.1, 0.15) is 32.1 Å². The first-order chi connectivity index (χ1) is 12.8. The quantitative estimate of drug-likeness (QED) is 0.166. The lowest BCUT2D eigenvalue weighted by molar-refractivity contribution is 0.00236. The normalized spacial score (nSPS) is 22.1. The van der Waals surface area contributed by atoms with Crippen LogP contribution < -0.4 is 5.32 Å². The van der Waals surface area contributed by atoms with Crippen LogP contribution in [0.15, 0.2) is 17.6 Å². The lowest BCUT2D eigenvalue weighted by Gasteiger charge is -2.38. The van der Waals surface area contributed by atoms with E-state index in [2.05, 4.69) is 33.7 Å². The monoisotopic (exact) mass is 494 g/mol. The van der Waals surface area contributed by atoms with Gasteiger partial charge in [-0.05, 0) is 25.7 Å². The van der Waals surface area contributed by atoms with E-state index in [1.165, 1.54) is 19.3 Å². The number of rotatable bonds is 10. The molecule has 1 N–H and O–H groups in total. The number of ether oxygens (including phenoxy) is 2. The van der Waals surface area contributed by atoms with Gasteiger partial charge in [-0.15, -0.1) is 30.6 Å². The number of halogens is 1. The number of morpholine rings is 1. The molecule has 0 aromatic carbocycles. The molecule has 2 heterocycles. The molecule has 0 saturated carbocycles. The third-order valence-corrected chi connectivity index (χ3v) is 5.47. The van der Waals surface area contributed by atoms with Gasteiger partial charge < -0.3 is 19.7 Å². The molecule has 6 nitrogen and oxygen atoms in total. The molecule has 0 amide bonds. The van der Waals surface area contributed by atoms with E-state index in [0.717, 1.165) is 71.4 Å². The average molecular weight is 494 g/mol. The molecule has 2 fully saturated rings. The summed E-state index contributed by atoms with van der Waals surface area (Å²) in [5.41, 5.74) is 0. The minimum atomic E-state index is 0. The van der Waals surface area contributed by atoms with E-state index < -0.39 is 0 Å². The number of unbranched alkanes of at least 4 members (excludes halogenated alkanes) is 3. The van der Waals surface area contributed by atoms with E-state index in [4.69, 9.17) is 9.47 Å². The second-order valence-electron chi connectivity index (χ2n) is 7.33. The summed E-state index contributed by atoms with van der Waals surface area (Å²) >= 11 is 0. The summed E-state index contributed by atoms with van der Waals surface area (Å²) in [6, 6.07) is 0.485. The summed E-state index contributed by atoms with van der Waals surface area (Å²) in [5, 5.41) is 3.62. The second kappa shape index (κ2) is 14.6. The van der Waals surface area contributed by atoms with Crippen LogP contribution in [0.25, 0.3) is 0 Å². The van der Waals surface area contributed by atoms with E-state index in [1.807, 2.05) is 13.1 Å². The van der Waals surface area contributed by atoms with Crippen LogP contribution in [0.3, 0.4) is 0 Å². The van der Waals surface area contributed by atoms with E-state index in [9.17, 15) is 0 Å². The van der Waals surface area contributed by atoms with Gasteiger partial charge in [-0.25, -0.2) is 0 Å². The lowest BCUT2D eigenvalue weighted by Crippen LogP contribution is -2.53. The second-order valence-corrected chi connectivity index (χ2v) is 7.33. The minimum absolute atomic E-state index is 0. The highest BCUT2D eigenvalue weighted by molar-refractivity contribution is 14.0. The number of hydrogen-bond donors (Lipinski definition) is 1. The van der Waals surface area contributed by atoms with E-state index in [1.54, 1.807) is 0 Å². The Labute approximate surface area is 182 Å². The Morgan fingerprint density at radius 1 is 1.26 bits per heavy atom. The van der Waals surface area contributed by atoms with Crippen LogP contribution in [0.2, 0.25) is 0 Å². The van der Waals surface area contributed by atoms with Crippen molar-refractivity contribution in [2.24, 2.45) is 10.9 Å².